The fourth-order valence-electron chi connectivity index (χ4n) is 3.23. The molecule has 1 heterocycles. The largest absolute Gasteiger partial charge is 0.378 e. The Hall–Kier alpha value is -2.93. The van der Waals surface area contributed by atoms with Gasteiger partial charge in [-0.25, -0.2) is 0 Å². The Bertz CT molecular complexity index is 845. The average Bonchev–Trinajstić information content (AvgIpc) is 2.73. The zero-order valence-electron chi connectivity index (χ0n) is 16.2. The van der Waals surface area contributed by atoms with Gasteiger partial charge in [0.05, 0.1) is 29.4 Å². The predicted molar refractivity (Wildman–Crippen MR) is 109 cm³/mol. The molecule has 28 heavy (non-hydrogen) atoms. The minimum Gasteiger partial charge on any atom is -0.378 e. The Morgan fingerprint density at radius 1 is 1.21 bits per heavy atom. The molecule has 7 heteroatoms. The summed E-state index contributed by atoms with van der Waals surface area (Å²) in [5.74, 6) is 0.0935. The molecule has 148 valence electrons. The van der Waals surface area contributed by atoms with Crippen LogP contribution in [0.5, 0.6) is 0 Å². The highest BCUT2D eigenvalue weighted by Crippen LogP contribution is 2.28. The van der Waals surface area contributed by atoms with Crippen LogP contribution in [0.3, 0.4) is 0 Å². The number of carbonyl (C=O) groups excluding carboxylic acids is 1. The third-order valence-electron chi connectivity index (χ3n) is 5.14. The first-order valence-corrected chi connectivity index (χ1v) is 9.52. The molecule has 1 fully saturated rings. The Kier molecular flexibility index (Phi) is 6.26. The van der Waals surface area contributed by atoms with E-state index in [1.54, 1.807) is 6.07 Å². The number of ether oxygens (including phenoxy) is 1. The summed E-state index contributed by atoms with van der Waals surface area (Å²) in [4.78, 5) is 25.7. The van der Waals surface area contributed by atoms with Crippen LogP contribution in [0.25, 0.3) is 0 Å². The van der Waals surface area contributed by atoms with Gasteiger partial charge in [-0.1, -0.05) is 26.0 Å². The van der Waals surface area contributed by atoms with Gasteiger partial charge in [-0.3, -0.25) is 14.9 Å². The van der Waals surface area contributed by atoms with Crippen molar-refractivity contribution in [2.45, 2.75) is 26.2 Å². The van der Waals surface area contributed by atoms with Crippen LogP contribution in [-0.4, -0.2) is 37.1 Å². The van der Waals surface area contributed by atoms with E-state index in [1.165, 1.54) is 17.7 Å². The van der Waals surface area contributed by atoms with Crippen molar-refractivity contribution in [2.75, 3.05) is 36.5 Å². The van der Waals surface area contributed by atoms with Gasteiger partial charge in [0, 0.05) is 30.9 Å². The molecular weight excluding hydrogens is 358 g/mol. The van der Waals surface area contributed by atoms with Crippen LogP contribution >= 0.6 is 0 Å². The van der Waals surface area contributed by atoms with E-state index >= 15 is 0 Å². The van der Waals surface area contributed by atoms with Crippen LogP contribution in [0, 0.1) is 10.1 Å². The lowest BCUT2D eigenvalue weighted by Gasteiger charge is -2.30. The van der Waals surface area contributed by atoms with Gasteiger partial charge in [0.1, 0.15) is 0 Å². The third-order valence-corrected chi connectivity index (χ3v) is 5.14. The summed E-state index contributed by atoms with van der Waals surface area (Å²) in [5, 5.41) is 14.1. The molecular formula is C21H25N3O4. The summed E-state index contributed by atoms with van der Waals surface area (Å²) in [6.07, 6.45) is 1.04. The highest BCUT2D eigenvalue weighted by atomic mass is 16.6. The molecule has 0 radical (unpaired) electrons. The van der Waals surface area contributed by atoms with Crippen molar-refractivity contribution in [1.82, 2.24) is 0 Å². The molecule has 1 amide bonds. The fraction of sp³-hybridized carbons (Fsp3) is 0.381. The Morgan fingerprint density at radius 2 is 1.89 bits per heavy atom. The van der Waals surface area contributed by atoms with Gasteiger partial charge in [0.2, 0.25) is 0 Å². The average molecular weight is 383 g/mol. The molecule has 0 aromatic heterocycles. The number of amides is 1. The first-order chi connectivity index (χ1) is 13.5. The van der Waals surface area contributed by atoms with Crippen molar-refractivity contribution in [3.05, 3.63) is 63.7 Å². The number of nitrogens with zero attached hydrogens (tertiary/aromatic N) is 2. The van der Waals surface area contributed by atoms with E-state index in [1.807, 2.05) is 29.2 Å². The van der Waals surface area contributed by atoms with Gasteiger partial charge in [0.15, 0.2) is 0 Å². The fourth-order valence-corrected chi connectivity index (χ4v) is 3.23. The van der Waals surface area contributed by atoms with Crippen LogP contribution in [0.2, 0.25) is 0 Å². The molecule has 1 N–H and O–H groups in total. The second-order valence-corrected chi connectivity index (χ2v) is 6.94. The minimum absolute atomic E-state index is 0.103. The number of anilines is 2. The highest BCUT2D eigenvalue weighted by Gasteiger charge is 2.22. The normalized spacial score (nSPS) is 15.1. The van der Waals surface area contributed by atoms with Gasteiger partial charge in [-0.2, -0.15) is 0 Å². The number of hydrogen-bond acceptors (Lipinski definition) is 5. The molecule has 1 atom stereocenters. The quantitative estimate of drug-likeness (QED) is 0.597. The number of nitrogens with one attached hydrogen (secondary N) is 1. The molecule has 0 bridgehead atoms. The zero-order chi connectivity index (χ0) is 20.1. The SMILES string of the molecule is CCC(C)c1ccc(NC(=O)c2cc([N+](=O)[O-])ccc2N2CCOCC2)cc1. The van der Waals surface area contributed by atoms with E-state index < -0.39 is 4.92 Å². The van der Waals surface area contributed by atoms with Crippen molar-refractivity contribution >= 4 is 23.0 Å². The van der Waals surface area contributed by atoms with E-state index in [0.29, 0.717) is 49.2 Å². The van der Waals surface area contributed by atoms with Crippen LogP contribution < -0.4 is 10.2 Å². The zero-order valence-corrected chi connectivity index (χ0v) is 16.2. The Labute approximate surface area is 164 Å². The maximum Gasteiger partial charge on any atom is 0.270 e. The molecule has 1 saturated heterocycles. The summed E-state index contributed by atoms with van der Waals surface area (Å²) >= 11 is 0. The molecule has 3 rings (SSSR count). The van der Waals surface area contributed by atoms with Crippen LogP contribution in [0.15, 0.2) is 42.5 Å². The van der Waals surface area contributed by atoms with Crippen LogP contribution in [-0.2, 0) is 4.74 Å². The lowest BCUT2D eigenvalue weighted by atomic mass is 9.98. The summed E-state index contributed by atoms with van der Waals surface area (Å²) < 4.78 is 5.37. The van der Waals surface area contributed by atoms with Gasteiger partial charge in [0.25, 0.3) is 11.6 Å². The van der Waals surface area contributed by atoms with Gasteiger partial charge >= 0.3 is 0 Å². The minimum atomic E-state index is -0.485. The Morgan fingerprint density at radius 3 is 2.50 bits per heavy atom. The molecule has 2 aromatic carbocycles. The standard InChI is InChI=1S/C21H25N3O4/c1-3-15(2)16-4-6-17(7-5-16)22-21(25)19-14-18(24(26)27)8-9-20(19)23-10-12-28-13-11-23/h4-9,14-15H,3,10-13H2,1-2H3,(H,22,25). The molecule has 0 saturated carbocycles. The van der Waals surface area contributed by atoms with Gasteiger partial charge in [-0.05, 0) is 36.1 Å². The van der Waals surface area contributed by atoms with Crippen LogP contribution in [0.4, 0.5) is 17.1 Å². The smallest absolute Gasteiger partial charge is 0.270 e. The van der Waals surface area contributed by atoms with Gasteiger partial charge < -0.3 is 15.0 Å². The second kappa shape index (κ2) is 8.84. The van der Waals surface area contributed by atoms with E-state index in [2.05, 4.69) is 19.2 Å². The first kappa shape index (κ1) is 19.8. The predicted octanol–water partition coefficient (Wildman–Crippen LogP) is 4.20. The van der Waals surface area contributed by atoms with Gasteiger partial charge in [-0.15, -0.1) is 0 Å². The second-order valence-electron chi connectivity index (χ2n) is 6.94. The first-order valence-electron chi connectivity index (χ1n) is 9.52. The maximum absolute atomic E-state index is 12.9. The maximum atomic E-state index is 12.9. The number of morpholine rings is 1. The van der Waals surface area contributed by atoms with E-state index in [-0.39, 0.29) is 11.6 Å². The molecule has 2 aromatic rings. The number of rotatable bonds is 6. The van der Waals surface area contributed by atoms with Crippen molar-refractivity contribution in [2.24, 2.45) is 0 Å². The summed E-state index contributed by atoms with van der Waals surface area (Å²) in [6, 6.07) is 12.1. The van der Waals surface area contributed by atoms with Crippen LogP contribution in [0.1, 0.15) is 42.1 Å². The van der Waals surface area contributed by atoms with E-state index in [0.717, 1.165) is 6.42 Å². The number of carbonyl (C=O) groups is 1. The number of nitro benzene ring substituents is 1. The van der Waals surface area contributed by atoms with E-state index in [9.17, 15) is 14.9 Å². The lowest BCUT2D eigenvalue weighted by Crippen LogP contribution is -2.37. The van der Waals surface area contributed by atoms with Crippen molar-refractivity contribution in [3.8, 4) is 0 Å². The molecule has 7 nitrogen and oxygen atoms in total. The monoisotopic (exact) mass is 383 g/mol. The number of benzene rings is 2. The number of nitro groups is 1. The molecule has 1 aliphatic heterocycles. The van der Waals surface area contributed by atoms with Crippen molar-refractivity contribution < 1.29 is 14.5 Å². The topological polar surface area (TPSA) is 84.7 Å². The van der Waals surface area contributed by atoms with Crippen molar-refractivity contribution in [1.29, 1.82) is 0 Å². The summed E-state index contributed by atoms with van der Waals surface area (Å²) in [5.41, 5.74) is 2.75. The molecule has 0 aliphatic carbocycles. The molecule has 1 unspecified atom stereocenters. The molecule has 0 spiro atoms. The highest BCUT2D eigenvalue weighted by molar-refractivity contribution is 6.08. The lowest BCUT2D eigenvalue weighted by molar-refractivity contribution is -0.384. The van der Waals surface area contributed by atoms with E-state index in [4.69, 9.17) is 4.74 Å². The van der Waals surface area contributed by atoms with Crippen molar-refractivity contribution in [3.63, 3.8) is 0 Å². The number of hydrogen-bond donors (Lipinski definition) is 1. The molecule has 1 aliphatic rings. The Balaban J connectivity index is 1.86. The summed E-state index contributed by atoms with van der Waals surface area (Å²) in [7, 11) is 0. The number of non-ortho nitro benzene ring substituents is 1. The third kappa shape index (κ3) is 4.48. The summed E-state index contributed by atoms with van der Waals surface area (Å²) in [6.45, 7) is 6.70.